The average molecular weight is 527 g/mol. The Labute approximate surface area is 234 Å². The first kappa shape index (κ1) is 25.6. The van der Waals surface area contributed by atoms with Crippen molar-refractivity contribution in [3.8, 4) is 33.4 Å². The summed E-state index contributed by atoms with van der Waals surface area (Å²) in [4.78, 5) is 3.96. The van der Waals surface area contributed by atoms with Gasteiger partial charge in [0.2, 0.25) is 0 Å². The molecule has 0 fully saturated rings. The molecule has 0 radical (unpaired) electrons. The van der Waals surface area contributed by atoms with Gasteiger partial charge in [0.05, 0.1) is 10.9 Å². The molecule has 0 aliphatic rings. The zero-order valence-electron chi connectivity index (χ0n) is 20.9. The lowest BCUT2D eigenvalue weighted by atomic mass is 10.1. The second kappa shape index (κ2) is 12.0. The van der Waals surface area contributed by atoms with E-state index < -0.39 is 0 Å². The second-order valence-electron chi connectivity index (χ2n) is 8.98. The lowest BCUT2D eigenvalue weighted by Gasteiger charge is -2.11. The van der Waals surface area contributed by atoms with Gasteiger partial charge in [0.25, 0.3) is 0 Å². The van der Waals surface area contributed by atoms with Crippen LogP contribution in [0, 0.1) is 0 Å². The Balaban J connectivity index is 0.00000294. The molecule has 184 valence electrons. The maximum Gasteiger partial charge on any atom is 0.166 e. The molecule has 0 bridgehead atoms. The van der Waals surface area contributed by atoms with E-state index in [2.05, 4.69) is 164 Å². The third-order valence-corrected chi connectivity index (χ3v) is 8.82. The lowest BCUT2D eigenvalue weighted by molar-refractivity contribution is -0.00000705. The summed E-state index contributed by atoms with van der Waals surface area (Å²) < 4.78 is 0. The number of benzene rings is 6. The Morgan fingerprint density at radius 2 is 0.447 bits per heavy atom. The van der Waals surface area contributed by atoms with Crippen LogP contribution in [0.3, 0.4) is 0 Å². The number of halogens is 1. The van der Waals surface area contributed by atoms with E-state index >= 15 is 0 Å². The van der Waals surface area contributed by atoms with Crippen LogP contribution in [0.2, 0.25) is 0 Å². The Morgan fingerprint density at radius 1 is 0.237 bits per heavy atom. The van der Waals surface area contributed by atoms with Gasteiger partial charge in [0.1, 0.15) is 0 Å². The van der Waals surface area contributed by atoms with Crippen molar-refractivity contribution >= 4 is 10.9 Å². The summed E-state index contributed by atoms with van der Waals surface area (Å²) in [7, 11) is -0.209. The van der Waals surface area contributed by atoms with Crippen LogP contribution in [0.15, 0.2) is 178 Å². The van der Waals surface area contributed by atoms with Gasteiger partial charge in [-0.15, -0.1) is 0 Å². The molecular weight excluding hydrogens is 500 g/mol. The van der Waals surface area contributed by atoms with Crippen molar-refractivity contribution in [1.29, 1.82) is 0 Å². The van der Waals surface area contributed by atoms with E-state index in [0.717, 1.165) is 0 Å². The minimum absolute atomic E-state index is 0. The van der Waals surface area contributed by atoms with Crippen LogP contribution in [0.4, 0.5) is 0 Å². The zero-order chi connectivity index (χ0) is 24.9. The minimum Gasteiger partial charge on any atom is -1.00 e. The van der Waals surface area contributed by atoms with Gasteiger partial charge in [-0.2, -0.15) is 0 Å². The zero-order valence-corrected chi connectivity index (χ0v) is 22.4. The summed E-state index contributed by atoms with van der Waals surface area (Å²) in [5.74, 6) is 0. The van der Waals surface area contributed by atoms with E-state index in [1.54, 1.807) is 0 Å². The molecule has 2 heteroatoms. The number of hydrogen-bond acceptors (Lipinski definition) is 0. The standard InChI is InChI=1S/C36H27S.ClH/c1-4-10-28(11-5-1)31-16-22-34(23-17-31)37(35-24-18-32(19-25-35)29-12-6-2-7-13-29)36-26-20-33(21-27-36)30-14-8-3-9-15-30;/h1-27H;1H/q+1;/p-1. The van der Waals surface area contributed by atoms with Crippen molar-refractivity contribution in [3.63, 3.8) is 0 Å². The molecule has 0 unspecified atom stereocenters. The van der Waals surface area contributed by atoms with Gasteiger partial charge in [-0.1, -0.05) is 91.0 Å². The van der Waals surface area contributed by atoms with Crippen LogP contribution in [-0.4, -0.2) is 0 Å². The first-order valence-corrected chi connectivity index (χ1v) is 13.8. The molecule has 0 spiro atoms. The quantitative estimate of drug-likeness (QED) is 0.210. The fourth-order valence-electron chi connectivity index (χ4n) is 4.65. The summed E-state index contributed by atoms with van der Waals surface area (Å²) in [5, 5.41) is 0. The van der Waals surface area contributed by atoms with Crippen LogP contribution in [0.25, 0.3) is 33.4 Å². The van der Waals surface area contributed by atoms with Gasteiger partial charge in [-0.25, -0.2) is 0 Å². The van der Waals surface area contributed by atoms with Crippen LogP contribution >= 0.6 is 0 Å². The Bertz CT molecular complexity index is 1360. The molecule has 0 saturated carbocycles. The molecule has 0 nitrogen and oxygen atoms in total. The second-order valence-corrected chi connectivity index (χ2v) is 11.0. The lowest BCUT2D eigenvalue weighted by Crippen LogP contribution is -3.00. The van der Waals surface area contributed by atoms with Crippen molar-refractivity contribution in [2.24, 2.45) is 0 Å². The van der Waals surface area contributed by atoms with Crippen molar-refractivity contribution < 1.29 is 12.4 Å². The summed E-state index contributed by atoms with van der Waals surface area (Å²) in [6.07, 6.45) is 0. The van der Waals surface area contributed by atoms with Crippen LogP contribution in [0.5, 0.6) is 0 Å². The Morgan fingerprint density at radius 3 is 0.684 bits per heavy atom. The normalized spacial score (nSPS) is 10.7. The van der Waals surface area contributed by atoms with E-state index in [0.29, 0.717) is 0 Å². The molecule has 0 saturated heterocycles. The maximum absolute atomic E-state index is 2.29. The van der Waals surface area contributed by atoms with Crippen molar-refractivity contribution in [1.82, 2.24) is 0 Å². The molecular formula is C36H27ClS. The molecule has 6 aromatic carbocycles. The van der Waals surface area contributed by atoms with E-state index in [-0.39, 0.29) is 23.3 Å². The van der Waals surface area contributed by atoms with Crippen molar-refractivity contribution in [3.05, 3.63) is 164 Å². The van der Waals surface area contributed by atoms with Crippen LogP contribution in [0.1, 0.15) is 0 Å². The highest BCUT2D eigenvalue weighted by Gasteiger charge is 2.28. The summed E-state index contributed by atoms with van der Waals surface area (Å²) in [6, 6.07) is 59.0. The number of hydrogen-bond donors (Lipinski definition) is 0. The van der Waals surface area contributed by atoms with Gasteiger partial charge in [-0.05, 0) is 106 Å². The molecule has 0 atom stereocenters. The molecule has 0 aliphatic heterocycles. The van der Waals surface area contributed by atoms with E-state index in [4.69, 9.17) is 0 Å². The van der Waals surface area contributed by atoms with Crippen LogP contribution in [-0.2, 0) is 10.9 Å². The maximum atomic E-state index is 2.29. The predicted octanol–water partition coefficient (Wildman–Crippen LogP) is 6.79. The van der Waals surface area contributed by atoms with E-state index in [9.17, 15) is 0 Å². The highest BCUT2D eigenvalue weighted by Crippen LogP contribution is 2.35. The summed E-state index contributed by atoms with van der Waals surface area (Å²) in [6.45, 7) is 0. The minimum atomic E-state index is -0.209. The Hall–Kier alpha value is -4.04. The van der Waals surface area contributed by atoms with Crippen LogP contribution < -0.4 is 12.4 Å². The Kier molecular flexibility index (Phi) is 8.09. The monoisotopic (exact) mass is 526 g/mol. The van der Waals surface area contributed by atoms with Crippen molar-refractivity contribution in [2.75, 3.05) is 0 Å². The van der Waals surface area contributed by atoms with Gasteiger partial charge in [0.15, 0.2) is 14.7 Å². The van der Waals surface area contributed by atoms with Gasteiger partial charge in [-0.3, -0.25) is 0 Å². The molecule has 0 amide bonds. The van der Waals surface area contributed by atoms with Crippen molar-refractivity contribution in [2.45, 2.75) is 14.7 Å². The first-order chi connectivity index (χ1) is 18.3. The largest absolute Gasteiger partial charge is 1.00 e. The van der Waals surface area contributed by atoms with Gasteiger partial charge in [0, 0.05) is 0 Å². The molecule has 0 heterocycles. The molecule has 0 aliphatic carbocycles. The first-order valence-electron chi connectivity index (χ1n) is 12.6. The SMILES string of the molecule is [Cl-].c1ccc(-c2ccc([S+](c3ccc(-c4ccccc4)cc3)c3ccc(-c4ccccc4)cc3)cc2)cc1. The molecule has 6 aromatic rings. The highest BCUT2D eigenvalue weighted by molar-refractivity contribution is 7.97. The average Bonchev–Trinajstić information content (AvgIpc) is 3.00. The topological polar surface area (TPSA) is 0 Å². The van der Waals surface area contributed by atoms with Gasteiger partial charge < -0.3 is 12.4 Å². The summed E-state index contributed by atoms with van der Waals surface area (Å²) >= 11 is 0. The summed E-state index contributed by atoms with van der Waals surface area (Å²) in [5.41, 5.74) is 7.46. The smallest absolute Gasteiger partial charge is 0.166 e. The van der Waals surface area contributed by atoms with E-state index in [1.807, 2.05) is 0 Å². The fraction of sp³-hybridized carbons (Fsp3) is 0. The third kappa shape index (κ3) is 5.60. The number of rotatable bonds is 6. The molecule has 38 heavy (non-hydrogen) atoms. The molecule has 0 N–H and O–H groups in total. The third-order valence-electron chi connectivity index (χ3n) is 6.59. The fourth-order valence-corrected chi connectivity index (χ4v) is 6.69. The van der Waals surface area contributed by atoms with Gasteiger partial charge >= 0.3 is 0 Å². The molecule has 0 aromatic heterocycles. The predicted molar refractivity (Wildman–Crippen MR) is 158 cm³/mol. The van der Waals surface area contributed by atoms with E-state index in [1.165, 1.54) is 48.1 Å². The molecule has 6 rings (SSSR count). The highest BCUT2D eigenvalue weighted by atomic mass is 35.5.